The van der Waals surface area contributed by atoms with E-state index in [0.717, 1.165) is 0 Å². The number of Topliss-reactive ketones (excluding diaryl/α,β-unsaturated/α-hetero) is 1. The van der Waals surface area contributed by atoms with Crippen molar-refractivity contribution >= 4 is 50.3 Å². The van der Waals surface area contributed by atoms with Gasteiger partial charge in [0.2, 0.25) is 11.4 Å². The van der Waals surface area contributed by atoms with Crippen LogP contribution in [-0.2, 0) is 4.79 Å². The molecule has 0 saturated carbocycles. The lowest BCUT2D eigenvalue weighted by Gasteiger charge is -2.08. The standard InChI is InChI=1S/C15H9BrClN3O5/c16-14-13-7(9(20-25-13)5-1-3-6(17)4-2-5)11(21)10(19-14)12(22)8(18)15(23)24/h1-4,8,21H,18H2,(H,23,24). The highest BCUT2D eigenvalue weighted by molar-refractivity contribution is 9.10. The Kier molecular flexibility index (Phi) is 4.46. The number of pyridine rings is 1. The summed E-state index contributed by atoms with van der Waals surface area (Å²) in [5.41, 5.74) is 5.74. The molecule has 0 amide bonds. The number of ketones is 1. The Morgan fingerprint density at radius 3 is 2.52 bits per heavy atom. The van der Waals surface area contributed by atoms with Gasteiger partial charge >= 0.3 is 5.97 Å². The number of rotatable bonds is 4. The molecule has 8 nitrogen and oxygen atoms in total. The van der Waals surface area contributed by atoms with E-state index in [1.165, 1.54) is 0 Å². The van der Waals surface area contributed by atoms with Crippen LogP contribution in [-0.4, -0.2) is 38.1 Å². The SMILES string of the molecule is NC(C(=O)O)C(=O)c1nc(Br)c2onc(-c3ccc(Cl)cc3)c2c1O. The number of carbonyl (C=O) groups is 2. The highest BCUT2D eigenvalue weighted by atomic mass is 79.9. The summed E-state index contributed by atoms with van der Waals surface area (Å²) in [5.74, 6) is -3.15. The first-order valence-electron chi connectivity index (χ1n) is 6.77. The summed E-state index contributed by atoms with van der Waals surface area (Å²) in [6.45, 7) is 0. The zero-order valence-corrected chi connectivity index (χ0v) is 14.6. The summed E-state index contributed by atoms with van der Waals surface area (Å²) >= 11 is 8.97. The number of hydrogen-bond acceptors (Lipinski definition) is 7. The normalized spacial score (nSPS) is 12.3. The lowest BCUT2D eigenvalue weighted by atomic mass is 10.0. The number of carboxylic acid groups (broad SMARTS) is 1. The molecule has 2 heterocycles. The fraction of sp³-hybridized carbons (Fsp3) is 0.0667. The van der Waals surface area contributed by atoms with Crippen molar-refractivity contribution in [3.05, 3.63) is 39.6 Å². The summed E-state index contributed by atoms with van der Waals surface area (Å²) in [6.07, 6.45) is 0. The van der Waals surface area contributed by atoms with Crippen LogP contribution in [0, 0.1) is 0 Å². The van der Waals surface area contributed by atoms with Gasteiger partial charge < -0.3 is 20.5 Å². The summed E-state index contributed by atoms with van der Waals surface area (Å²) in [6, 6.07) is 4.69. The second-order valence-corrected chi connectivity index (χ2v) is 6.21. The molecule has 0 fully saturated rings. The second-order valence-electron chi connectivity index (χ2n) is 5.02. The minimum atomic E-state index is -1.86. The molecule has 0 spiro atoms. The number of carboxylic acids is 1. The van der Waals surface area contributed by atoms with Gasteiger partial charge in [0, 0.05) is 10.6 Å². The molecule has 3 aromatic rings. The van der Waals surface area contributed by atoms with Crippen LogP contribution in [0.5, 0.6) is 5.75 Å². The molecule has 2 aromatic heterocycles. The number of aliphatic carboxylic acids is 1. The average molecular weight is 427 g/mol. The maximum atomic E-state index is 12.2. The highest BCUT2D eigenvalue weighted by Crippen LogP contribution is 2.39. The van der Waals surface area contributed by atoms with Gasteiger partial charge in [-0.15, -0.1) is 0 Å². The lowest BCUT2D eigenvalue weighted by molar-refractivity contribution is -0.137. The highest BCUT2D eigenvalue weighted by Gasteiger charge is 2.30. The van der Waals surface area contributed by atoms with Crippen LogP contribution in [0.1, 0.15) is 10.5 Å². The van der Waals surface area contributed by atoms with E-state index in [4.69, 9.17) is 27.0 Å². The van der Waals surface area contributed by atoms with Crippen molar-refractivity contribution in [3.63, 3.8) is 0 Å². The number of halogens is 2. The molecule has 4 N–H and O–H groups in total. The molecule has 25 heavy (non-hydrogen) atoms. The molecule has 0 aliphatic rings. The average Bonchev–Trinajstić information content (AvgIpc) is 3.03. The van der Waals surface area contributed by atoms with Crippen molar-refractivity contribution in [2.75, 3.05) is 0 Å². The molecule has 0 aliphatic heterocycles. The van der Waals surface area contributed by atoms with E-state index in [0.29, 0.717) is 10.6 Å². The predicted molar refractivity (Wildman–Crippen MR) is 91.6 cm³/mol. The van der Waals surface area contributed by atoms with Gasteiger partial charge in [0.1, 0.15) is 5.69 Å². The van der Waals surface area contributed by atoms with E-state index in [2.05, 4.69) is 26.1 Å². The molecular formula is C15H9BrClN3O5. The number of aromatic nitrogens is 2. The van der Waals surface area contributed by atoms with Gasteiger partial charge in [0.15, 0.2) is 22.1 Å². The quantitative estimate of drug-likeness (QED) is 0.328. The maximum absolute atomic E-state index is 12.2. The Hall–Kier alpha value is -2.49. The van der Waals surface area contributed by atoms with Crippen LogP contribution in [0.25, 0.3) is 22.2 Å². The summed E-state index contributed by atoms with van der Waals surface area (Å²) in [5, 5.41) is 23.9. The second kappa shape index (κ2) is 6.43. The number of fused-ring (bicyclic) bond motifs is 1. The van der Waals surface area contributed by atoms with E-state index >= 15 is 0 Å². The van der Waals surface area contributed by atoms with E-state index in [1.54, 1.807) is 24.3 Å². The third kappa shape index (κ3) is 2.97. The fourth-order valence-corrected chi connectivity index (χ4v) is 2.78. The Bertz CT molecular complexity index is 1000. The Morgan fingerprint density at radius 2 is 1.92 bits per heavy atom. The predicted octanol–water partition coefficient (Wildman–Crippen LogP) is 2.61. The Balaban J connectivity index is 2.25. The number of carbonyl (C=O) groups excluding carboxylic acids is 1. The van der Waals surface area contributed by atoms with Crippen LogP contribution in [0.3, 0.4) is 0 Å². The molecule has 0 aliphatic carbocycles. The molecule has 0 bridgehead atoms. The maximum Gasteiger partial charge on any atom is 0.328 e. The van der Waals surface area contributed by atoms with Gasteiger partial charge in [-0.3, -0.25) is 9.59 Å². The molecule has 1 aromatic carbocycles. The van der Waals surface area contributed by atoms with Gasteiger partial charge in [-0.1, -0.05) is 28.9 Å². The largest absolute Gasteiger partial charge is 0.505 e. The fourth-order valence-electron chi connectivity index (χ4n) is 2.21. The number of aromatic hydroxyl groups is 1. The molecular weight excluding hydrogens is 418 g/mol. The van der Waals surface area contributed by atoms with Crippen LogP contribution in [0.15, 0.2) is 33.4 Å². The van der Waals surface area contributed by atoms with E-state index in [-0.39, 0.29) is 21.3 Å². The first-order valence-corrected chi connectivity index (χ1v) is 7.94. The molecule has 128 valence electrons. The topological polar surface area (TPSA) is 140 Å². The summed E-state index contributed by atoms with van der Waals surface area (Å²) in [4.78, 5) is 27.0. The molecule has 0 radical (unpaired) electrons. The first-order chi connectivity index (χ1) is 11.8. The van der Waals surface area contributed by atoms with Crippen molar-refractivity contribution in [2.45, 2.75) is 6.04 Å². The lowest BCUT2D eigenvalue weighted by Crippen LogP contribution is -2.38. The number of nitrogens with zero attached hydrogens (tertiary/aromatic N) is 2. The summed E-state index contributed by atoms with van der Waals surface area (Å²) in [7, 11) is 0. The summed E-state index contributed by atoms with van der Waals surface area (Å²) < 4.78 is 5.25. The Morgan fingerprint density at radius 1 is 1.28 bits per heavy atom. The van der Waals surface area contributed by atoms with Crippen LogP contribution in [0.2, 0.25) is 5.02 Å². The smallest absolute Gasteiger partial charge is 0.328 e. The number of nitrogens with two attached hydrogens (primary N) is 1. The van der Waals surface area contributed by atoms with Crippen molar-refractivity contribution in [1.29, 1.82) is 0 Å². The van der Waals surface area contributed by atoms with Crippen molar-refractivity contribution in [2.24, 2.45) is 5.73 Å². The first kappa shape index (κ1) is 17.3. The van der Waals surface area contributed by atoms with Crippen LogP contribution >= 0.6 is 27.5 Å². The minimum absolute atomic E-state index is 0.0777. The van der Waals surface area contributed by atoms with Gasteiger partial charge in [0.05, 0.1) is 5.39 Å². The van der Waals surface area contributed by atoms with Gasteiger partial charge in [0.25, 0.3) is 0 Å². The van der Waals surface area contributed by atoms with Crippen molar-refractivity contribution in [1.82, 2.24) is 10.1 Å². The van der Waals surface area contributed by atoms with Gasteiger partial charge in [-0.25, -0.2) is 4.98 Å². The van der Waals surface area contributed by atoms with Crippen molar-refractivity contribution < 1.29 is 24.3 Å². The molecule has 0 saturated heterocycles. The van der Waals surface area contributed by atoms with E-state index in [9.17, 15) is 14.7 Å². The van der Waals surface area contributed by atoms with Crippen molar-refractivity contribution in [3.8, 4) is 17.0 Å². The van der Waals surface area contributed by atoms with Crippen LogP contribution in [0.4, 0.5) is 0 Å². The zero-order valence-electron chi connectivity index (χ0n) is 12.2. The molecule has 10 heteroatoms. The third-order valence-electron chi connectivity index (χ3n) is 3.45. The Labute approximate surface area is 153 Å². The third-order valence-corrected chi connectivity index (χ3v) is 4.24. The molecule has 1 unspecified atom stereocenters. The monoisotopic (exact) mass is 425 g/mol. The van der Waals surface area contributed by atoms with Gasteiger partial charge in [-0.05, 0) is 28.1 Å². The van der Waals surface area contributed by atoms with Crippen LogP contribution < -0.4 is 5.73 Å². The van der Waals surface area contributed by atoms with E-state index < -0.39 is 29.2 Å². The van der Waals surface area contributed by atoms with Gasteiger partial charge in [-0.2, -0.15) is 0 Å². The molecule has 1 atom stereocenters. The molecule has 3 rings (SSSR count). The number of hydrogen-bond donors (Lipinski definition) is 3. The van der Waals surface area contributed by atoms with E-state index in [1.807, 2.05) is 0 Å². The zero-order chi connectivity index (χ0) is 18.3. The minimum Gasteiger partial charge on any atom is -0.505 e. The number of benzene rings is 1.